The van der Waals surface area contributed by atoms with E-state index in [-0.39, 0.29) is 0 Å². The van der Waals surface area contributed by atoms with E-state index in [1.165, 1.54) is 5.56 Å². The van der Waals surface area contributed by atoms with E-state index in [4.69, 9.17) is 9.47 Å². The van der Waals surface area contributed by atoms with Gasteiger partial charge in [-0.25, -0.2) is 0 Å². The summed E-state index contributed by atoms with van der Waals surface area (Å²) in [4.78, 5) is 0.995. The fourth-order valence-electron chi connectivity index (χ4n) is 2.42. The number of rotatable bonds is 8. The zero-order chi connectivity index (χ0) is 15.9. The Bertz CT molecular complexity index is 584. The maximum Gasteiger partial charge on any atom is 0.163 e. The SMILES string of the molecule is COc1cc(CCNCC(O)c2cccs2)cc(C)c1OC. The van der Waals surface area contributed by atoms with Crippen molar-refractivity contribution in [2.24, 2.45) is 0 Å². The van der Waals surface area contributed by atoms with Gasteiger partial charge >= 0.3 is 0 Å². The summed E-state index contributed by atoms with van der Waals surface area (Å²) >= 11 is 1.58. The minimum Gasteiger partial charge on any atom is -0.493 e. The van der Waals surface area contributed by atoms with Crippen LogP contribution >= 0.6 is 11.3 Å². The molecule has 1 aromatic heterocycles. The van der Waals surface area contributed by atoms with Crippen LogP contribution in [0.3, 0.4) is 0 Å². The van der Waals surface area contributed by atoms with Crippen molar-refractivity contribution in [3.8, 4) is 11.5 Å². The first-order chi connectivity index (χ1) is 10.7. The number of benzene rings is 1. The van der Waals surface area contributed by atoms with Gasteiger partial charge in [0.05, 0.1) is 14.2 Å². The maximum atomic E-state index is 10.0. The lowest BCUT2D eigenvalue weighted by atomic mass is 10.1. The minimum atomic E-state index is -0.438. The highest BCUT2D eigenvalue weighted by molar-refractivity contribution is 7.10. The number of ether oxygens (including phenoxy) is 2. The highest BCUT2D eigenvalue weighted by atomic mass is 32.1. The number of thiophene rings is 1. The van der Waals surface area contributed by atoms with E-state index in [9.17, 15) is 5.11 Å². The number of nitrogens with one attached hydrogen (secondary N) is 1. The van der Waals surface area contributed by atoms with Crippen molar-refractivity contribution in [2.75, 3.05) is 27.3 Å². The molecule has 2 N–H and O–H groups in total. The topological polar surface area (TPSA) is 50.7 Å². The van der Waals surface area contributed by atoms with Gasteiger partial charge in [-0.2, -0.15) is 0 Å². The van der Waals surface area contributed by atoms with E-state index < -0.39 is 6.10 Å². The Hall–Kier alpha value is -1.56. The third kappa shape index (κ3) is 4.22. The quantitative estimate of drug-likeness (QED) is 0.734. The van der Waals surface area contributed by atoms with Crippen LogP contribution in [0.25, 0.3) is 0 Å². The molecule has 0 spiro atoms. The van der Waals surface area contributed by atoms with Crippen molar-refractivity contribution < 1.29 is 14.6 Å². The number of hydrogen-bond donors (Lipinski definition) is 2. The Labute approximate surface area is 135 Å². The molecule has 1 heterocycles. The van der Waals surface area contributed by atoms with Gasteiger partial charge in [0.1, 0.15) is 6.10 Å². The molecule has 0 radical (unpaired) electrons. The van der Waals surface area contributed by atoms with Crippen LogP contribution in [-0.4, -0.2) is 32.4 Å². The Morgan fingerprint density at radius 1 is 1.27 bits per heavy atom. The molecule has 0 bridgehead atoms. The molecule has 120 valence electrons. The first-order valence-electron chi connectivity index (χ1n) is 7.29. The van der Waals surface area contributed by atoms with Crippen LogP contribution in [0.4, 0.5) is 0 Å². The second-order valence-electron chi connectivity index (χ2n) is 5.13. The summed E-state index contributed by atoms with van der Waals surface area (Å²) in [6.07, 6.45) is 0.436. The van der Waals surface area contributed by atoms with E-state index in [0.29, 0.717) is 6.54 Å². The first kappa shape index (κ1) is 16.8. The minimum absolute atomic E-state index is 0.438. The molecule has 5 heteroatoms. The molecule has 0 amide bonds. The van der Waals surface area contributed by atoms with E-state index in [1.54, 1.807) is 25.6 Å². The molecular weight excluding hydrogens is 298 g/mol. The van der Waals surface area contributed by atoms with Crippen LogP contribution in [0.5, 0.6) is 11.5 Å². The Kier molecular flexibility index (Phi) is 6.24. The largest absolute Gasteiger partial charge is 0.493 e. The molecule has 4 nitrogen and oxygen atoms in total. The molecule has 1 aromatic carbocycles. The summed E-state index contributed by atoms with van der Waals surface area (Å²) < 4.78 is 10.7. The number of aliphatic hydroxyl groups is 1. The maximum absolute atomic E-state index is 10.0. The molecule has 1 unspecified atom stereocenters. The first-order valence-corrected chi connectivity index (χ1v) is 8.17. The Morgan fingerprint density at radius 3 is 2.73 bits per heavy atom. The average molecular weight is 321 g/mol. The zero-order valence-corrected chi connectivity index (χ0v) is 14.1. The number of aryl methyl sites for hydroxylation is 1. The predicted octanol–water partition coefficient (Wildman–Crippen LogP) is 2.94. The average Bonchev–Trinajstić information content (AvgIpc) is 3.05. The van der Waals surface area contributed by atoms with E-state index in [0.717, 1.165) is 34.9 Å². The second kappa shape index (κ2) is 8.17. The summed E-state index contributed by atoms with van der Waals surface area (Å²) in [6.45, 7) is 3.38. The molecule has 0 saturated carbocycles. The zero-order valence-electron chi connectivity index (χ0n) is 13.3. The molecule has 1 atom stereocenters. The van der Waals surface area contributed by atoms with Crippen molar-refractivity contribution in [3.63, 3.8) is 0 Å². The summed E-state index contributed by atoms with van der Waals surface area (Å²) in [6, 6.07) is 8.02. The van der Waals surface area contributed by atoms with Crippen LogP contribution in [0.15, 0.2) is 29.6 Å². The Morgan fingerprint density at radius 2 is 2.09 bits per heavy atom. The molecule has 2 aromatic rings. The lowest BCUT2D eigenvalue weighted by molar-refractivity contribution is 0.179. The molecule has 0 aliphatic carbocycles. The van der Waals surface area contributed by atoms with Gasteiger partial charge in [0, 0.05) is 11.4 Å². The normalized spacial score (nSPS) is 12.2. The van der Waals surface area contributed by atoms with Gasteiger partial charge in [0.15, 0.2) is 11.5 Å². The van der Waals surface area contributed by atoms with E-state index >= 15 is 0 Å². The van der Waals surface area contributed by atoms with Crippen molar-refractivity contribution in [1.29, 1.82) is 0 Å². The van der Waals surface area contributed by atoms with Crippen LogP contribution in [-0.2, 0) is 6.42 Å². The smallest absolute Gasteiger partial charge is 0.163 e. The monoisotopic (exact) mass is 321 g/mol. The van der Waals surface area contributed by atoms with E-state index in [2.05, 4.69) is 11.4 Å². The highest BCUT2D eigenvalue weighted by Crippen LogP contribution is 2.32. The van der Waals surface area contributed by atoms with Crippen LogP contribution in [0.1, 0.15) is 22.1 Å². The van der Waals surface area contributed by atoms with Gasteiger partial charge in [-0.05, 0) is 48.5 Å². The highest BCUT2D eigenvalue weighted by Gasteiger charge is 2.10. The fourth-order valence-corrected chi connectivity index (χ4v) is 3.14. The molecular formula is C17H23NO3S. The summed E-state index contributed by atoms with van der Waals surface area (Å²) in [5.41, 5.74) is 2.25. The number of methoxy groups -OCH3 is 2. The van der Waals surface area contributed by atoms with Gasteiger partial charge in [0.25, 0.3) is 0 Å². The van der Waals surface area contributed by atoms with Crippen LogP contribution in [0.2, 0.25) is 0 Å². The summed E-state index contributed by atoms with van der Waals surface area (Å²) in [5, 5.41) is 15.3. The Balaban J connectivity index is 1.85. The molecule has 0 saturated heterocycles. The lowest BCUT2D eigenvalue weighted by Gasteiger charge is -2.14. The van der Waals surface area contributed by atoms with Gasteiger partial charge in [-0.1, -0.05) is 12.1 Å². The third-order valence-electron chi connectivity index (χ3n) is 3.52. The molecule has 0 aliphatic rings. The summed E-state index contributed by atoms with van der Waals surface area (Å²) in [5.74, 6) is 1.54. The van der Waals surface area contributed by atoms with Crippen LogP contribution < -0.4 is 14.8 Å². The van der Waals surface area contributed by atoms with Crippen molar-refractivity contribution in [1.82, 2.24) is 5.32 Å². The molecule has 0 fully saturated rings. The summed E-state index contributed by atoms with van der Waals surface area (Å²) in [7, 11) is 3.30. The predicted molar refractivity (Wildman–Crippen MR) is 90.1 cm³/mol. The van der Waals surface area contributed by atoms with Gasteiger partial charge in [-0.15, -0.1) is 11.3 Å². The number of aliphatic hydroxyl groups excluding tert-OH is 1. The second-order valence-corrected chi connectivity index (χ2v) is 6.11. The molecule has 0 aliphatic heterocycles. The van der Waals surface area contributed by atoms with Gasteiger partial charge in [0.2, 0.25) is 0 Å². The van der Waals surface area contributed by atoms with E-state index in [1.807, 2.05) is 30.5 Å². The van der Waals surface area contributed by atoms with Crippen molar-refractivity contribution in [2.45, 2.75) is 19.4 Å². The molecule has 2 rings (SSSR count). The third-order valence-corrected chi connectivity index (χ3v) is 4.50. The van der Waals surface area contributed by atoms with Gasteiger partial charge in [-0.3, -0.25) is 0 Å². The lowest BCUT2D eigenvalue weighted by Crippen LogP contribution is -2.23. The fraction of sp³-hybridized carbons (Fsp3) is 0.412. The van der Waals surface area contributed by atoms with Crippen molar-refractivity contribution >= 4 is 11.3 Å². The van der Waals surface area contributed by atoms with Gasteiger partial charge < -0.3 is 19.9 Å². The molecule has 22 heavy (non-hydrogen) atoms. The standard InChI is InChI=1S/C17H23NO3S/c1-12-9-13(10-15(20-2)17(12)21-3)6-7-18-11-14(19)16-5-4-8-22-16/h4-5,8-10,14,18-19H,6-7,11H2,1-3H3. The van der Waals surface area contributed by atoms with Crippen molar-refractivity contribution in [3.05, 3.63) is 45.6 Å². The number of hydrogen-bond acceptors (Lipinski definition) is 5. The van der Waals surface area contributed by atoms with Crippen LogP contribution in [0, 0.1) is 6.92 Å².